The monoisotopic (exact) mass is 223 g/mol. The Kier molecular flexibility index (Phi) is 4.09. The van der Waals surface area contributed by atoms with Crippen LogP contribution in [0.1, 0.15) is 18.1 Å². The van der Waals surface area contributed by atoms with Gasteiger partial charge >= 0.3 is 0 Å². The highest BCUT2D eigenvalue weighted by Gasteiger charge is 2.12. The first-order valence-electron chi connectivity index (χ1n) is 5.04. The van der Waals surface area contributed by atoms with Gasteiger partial charge in [0.05, 0.1) is 12.3 Å². The van der Waals surface area contributed by atoms with Crippen LogP contribution in [0.2, 0.25) is 0 Å². The Morgan fingerprint density at radius 1 is 1.33 bits per heavy atom. The summed E-state index contributed by atoms with van der Waals surface area (Å²) in [7, 11) is 1.94. The number of rotatable bonds is 2. The number of anilines is 1. The van der Waals surface area contributed by atoms with E-state index in [1.807, 2.05) is 24.9 Å². The lowest BCUT2D eigenvalue weighted by Crippen LogP contribution is -2.28. The van der Waals surface area contributed by atoms with Gasteiger partial charge in [0.1, 0.15) is 0 Å². The molecule has 2 nitrogen and oxygen atoms in total. The molecule has 3 heteroatoms. The van der Waals surface area contributed by atoms with Gasteiger partial charge in [-0.25, -0.2) is 0 Å². The molecule has 1 aromatic carbocycles. The summed E-state index contributed by atoms with van der Waals surface area (Å²) in [4.78, 5) is 1.92. The maximum atomic E-state index is 5.33. The molecule has 0 amide bonds. The second-order valence-corrected chi connectivity index (χ2v) is 3.85. The Balaban J connectivity index is 3.00. The summed E-state index contributed by atoms with van der Waals surface area (Å²) in [6.45, 7) is 6.69. The summed E-state index contributed by atoms with van der Waals surface area (Å²) < 4.78 is 5.33. The van der Waals surface area contributed by atoms with E-state index in [0.717, 1.165) is 5.69 Å². The molecule has 0 unspecified atom stereocenters. The number of aryl methyl sites for hydroxylation is 2. The summed E-state index contributed by atoms with van der Waals surface area (Å²) in [5.41, 5.74) is 3.55. The zero-order valence-corrected chi connectivity index (χ0v) is 10.5. The molecule has 15 heavy (non-hydrogen) atoms. The largest absolute Gasteiger partial charge is 0.471 e. The van der Waals surface area contributed by atoms with Crippen molar-refractivity contribution in [3.8, 4) is 0 Å². The van der Waals surface area contributed by atoms with E-state index in [1.54, 1.807) is 0 Å². The number of nitrogens with zero attached hydrogens (tertiary/aromatic N) is 1. The van der Waals surface area contributed by atoms with Crippen LogP contribution >= 0.6 is 12.2 Å². The van der Waals surface area contributed by atoms with E-state index in [4.69, 9.17) is 17.0 Å². The van der Waals surface area contributed by atoms with E-state index >= 15 is 0 Å². The van der Waals surface area contributed by atoms with Crippen molar-refractivity contribution >= 4 is 23.1 Å². The molecule has 1 rings (SSSR count). The van der Waals surface area contributed by atoms with E-state index in [1.165, 1.54) is 11.1 Å². The summed E-state index contributed by atoms with van der Waals surface area (Å²) in [5, 5.41) is 0.523. The minimum Gasteiger partial charge on any atom is -0.471 e. The van der Waals surface area contributed by atoms with Gasteiger partial charge < -0.3 is 9.64 Å². The fourth-order valence-electron chi connectivity index (χ4n) is 1.65. The standard InChI is InChI=1S/C12H17NOS/c1-5-14-12(15)13(4)11-9(2)7-6-8-10(11)3/h6-8H,5H2,1-4H3. The molecule has 0 bridgehead atoms. The van der Waals surface area contributed by atoms with Crippen LogP contribution in [0.5, 0.6) is 0 Å². The number of hydrogen-bond donors (Lipinski definition) is 0. The molecule has 0 heterocycles. The fourth-order valence-corrected chi connectivity index (χ4v) is 1.86. The zero-order valence-electron chi connectivity index (χ0n) is 9.70. The average Bonchev–Trinajstić information content (AvgIpc) is 2.17. The second kappa shape index (κ2) is 5.12. The lowest BCUT2D eigenvalue weighted by atomic mass is 10.1. The molecular weight excluding hydrogens is 206 g/mol. The molecule has 0 aliphatic heterocycles. The minimum atomic E-state index is 0.523. The SMILES string of the molecule is CCOC(=S)N(C)c1c(C)cccc1C. The van der Waals surface area contributed by atoms with Crippen molar-refractivity contribution in [1.29, 1.82) is 0 Å². The number of benzene rings is 1. The van der Waals surface area contributed by atoms with Crippen LogP contribution < -0.4 is 4.90 Å². The maximum Gasteiger partial charge on any atom is 0.263 e. The molecule has 0 aliphatic rings. The number of hydrogen-bond acceptors (Lipinski definition) is 2. The van der Waals surface area contributed by atoms with Crippen molar-refractivity contribution in [3.05, 3.63) is 29.3 Å². The van der Waals surface area contributed by atoms with Gasteiger partial charge in [0.15, 0.2) is 0 Å². The van der Waals surface area contributed by atoms with Crippen LogP contribution in [-0.2, 0) is 4.74 Å². The van der Waals surface area contributed by atoms with E-state index < -0.39 is 0 Å². The van der Waals surface area contributed by atoms with Crippen molar-refractivity contribution in [3.63, 3.8) is 0 Å². The fraction of sp³-hybridized carbons (Fsp3) is 0.417. The van der Waals surface area contributed by atoms with Crippen molar-refractivity contribution in [2.75, 3.05) is 18.6 Å². The second-order valence-electron chi connectivity index (χ2n) is 3.50. The first-order valence-corrected chi connectivity index (χ1v) is 5.45. The Labute approximate surface area is 96.9 Å². The average molecular weight is 223 g/mol. The van der Waals surface area contributed by atoms with E-state index in [9.17, 15) is 0 Å². The van der Waals surface area contributed by atoms with Gasteiger partial charge in [-0.15, -0.1) is 0 Å². The summed E-state index contributed by atoms with van der Waals surface area (Å²) >= 11 is 5.18. The first kappa shape index (κ1) is 12.0. The third-order valence-electron chi connectivity index (χ3n) is 2.32. The van der Waals surface area contributed by atoms with Crippen molar-refractivity contribution in [2.45, 2.75) is 20.8 Å². The van der Waals surface area contributed by atoms with Crippen molar-refractivity contribution in [2.24, 2.45) is 0 Å². The Bertz CT molecular complexity index is 342. The summed E-state index contributed by atoms with van der Waals surface area (Å²) in [5.74, 6) is 0. The third-order valence-corrected chi connectivity index (χ3v) is 2.71. The summed E-state index contributed by atoms with van der Waals surface area (Å²) in [6.07, 6.45) is 0. The first-order chi connectivity index (χ1) is 7.07. The normalized spacial score (nSPS) is 9.87. The van der Waals surface area contributed by atoms with E-state index in [2.05, 4.69) is 26.0 Å². The molecule has 0 aliphatic carbocycles. The van der Waals surface area contributed by atoms with Gasteiger partial charge in [0.25, 0.3) is 5.17 Å². The maximum absolute atomic E-state index is 5.33. The molecule has 0 N–H and O–H groups in total. The van der Waals surface area contributed by atoms with Crippen molar-refractivity contribution < 1.29 is 4.74 Å². The topological polar surface area (TPSA) is 12.5 Å². The molecule has 0 radical (unpaired) electrons. The highest BCUT2D eigenvalue weighted by Crippen LogP contribution is 2.23. The molecule has 0 atom stereocenters. The van der Waals surface area contributed by atoms with E-state index in [-0.39, 0.29) is 0 Å². The molecular formula is C12H17NOS. The zero-order chi connectivity index (χ0) is 11.4. The number of para-hydroxylation sites is 1. The molecule has 0 saturated carbocycles. The van der Waals surface area contributed by atoms with Crippen LogP contribution in [0.4, 0.5) is 5.69 Å². The summed E-state index contributed by atoms with van der Waals surface area (Å²) in [6, 6.07) is 6.20. The van der Waals surface area contributed by atoms with Crippen LogP contribution in [0.3, 0.4) is 0 Å². The molecule has 1 aromatic rings. The number of thiocarbonyl (C=S) groups is 1. The Hall–Kier alpha value is -1.09. The van der Waals surface area contributed by atoms with Gasteiger partial charge in [-0.2, -0.15) is 0 Å². The predicted molar refractivity (Wildman–Crippen MR) is 68.5 cm³/mol. The van der Waals surface area contributed by atoms with Crippen molar-refractivity contribution in [1.82, 2.24) is 0 Å². The highest BCUT2D eigenvalue weighted by molar-refractivity contribution is 7.80. The van der Waals surface area contributed by atoms with Gasteiger partial charge in [-0.3, -0.25) is 0 Å². The van der Waals surface area contributed by atoms with Crippen LogP contribution in [0.25, 0.3) is 0 Å². The quantitative estimate of drug-likeness (QED) is 0.715. The minimum absolute atomic E-state index is 0.523. The molecule has 0 saturated heterocycles. The lowest BCUT2D eigenvalue weighted by Gasteiger charge is -2.23. The van der Waals surface area contributed by atoms with Gasteiger partial charge in [-0.1, -0.05) is 18.2 Å². The van der Waals surface area contributed by atoms with Gasteiger partial charge in [0.2, 0.25) is 0 Å². The highest BCUT2D eigenvalue weighted by atomic mass is 32.1. The van der Waals surface area contributed by atoms with Crippen LogP contribution in [-0.4, -0.2) is 18.8 Å². The number of ether oxygens (including phenoxy) is 1. The Morgan fingerprint density at radius 3 is 2.33 bits per heavy atom. The Morgan fingerprint density at radius 2 is 1.87 bits per heavy atom. The predicted octanol–water partition coefficient (Wildman–Crippen LogP) is 3.06. The molecule has 0 spiro atoms. The van der Waals surface area contributed by atoms with Crippen LogP contribution in [0.15, 0.2) is 18.2 Å². The van der Waals surface area contributed by atoms with Gasteiger partial charge in [0, 0.05) is 7.05 Å². The molecule has 0 aromatic heterocycles. The molecule has 0 fully saturated rings. The smallest absolute Gasteiger partial charge is 0.263 e. The van der Waals surface area contributed by atoms with Gasteiger partial charge in [-0.05, 0) is 44.1 Å². The third kappa shape index (κ3) is 2.69. The lowest BCUT2D eigenvalue weighted by molar-refractivity contribution is 0.329. The van der Waals surface area contributed by atoms with E-state index in [0.29, 0.717) is 11.8 Å². The molecule has 82 valence electrons. The van der Waals surface area contributed by atoms with Crippen LogP contribution in [0, 0.1) is 13.8 Å².